The van der Waals surface area contributed by atoms with E-state index in [1.807, 2.05) is 26.0 Å². The van der Waals surface area contributed by atoms with Crippen molar-refractivity contribution in [3.05, 3.63) is 40.5 Å². The van der Waals surface area contributed by atoms with Crippen LogP contribution < -0.4 is 10.2 Å². The van der Waals surface area contributed by atoms with Gasteiger partial charge in [-0.15, -0.1) is 0 Å². The minimum atomic E-state index is -1.06. The topological polar surface area (TPSA) is 67.2 Å². The zero-order chi connectivity index (χ0) is 17.2. The zero-order valence-corrected chi connectivity index (χ0v) is 14.4. The minimum Gasteiger partial charge on any atom is -0.313 e. The van der Waals surface area contributed by atoms with E-state index in [4.69, 9.17) is 11.6 Å². The quantitative estimate of drug-likeness (QED) is 0.865. The third-order valence-corrected chi connectivity index (χ3v) is 5.18. The Morgan fingerprint density at radius 1 is 1.29 bits per heavy atom. The van der Waals surface area contributed by atoms with Crippen LogP contribution in [0.3, 0.4) is 0 Å². The van der Waals surface area contributed by atoms with Gasteiger partial charge in [0, 0.05) is 25.1 Å². The molecule has 1 N–H and O–H groups in total. The number of benzene rings is 1. The summed E-state index contributed by atoms with van der Waals surface area (Å²) in [6, 6.07) is 5.51. The molecule has 1 atom stereocenters. The Balaban J connectivity index is 2.06. The first kappa shape index (κ1) is 15.2. The van der Waals surface area contributed by atoms with Gasteiger partial charge in [0.05, 0.1) is 16.9 Å². The smallest absolute Gasteiger partial charge is 0.242 e. The van der Waals surface area contributed by atoms with Crippen LogP contribution in [0.1, 0.15) is 37.4 Å². The van der Waals surface area contributed by atoms with E-state index in [2.05, 4.69) is 10.4 Å². The number of anilines is 2. The van der Waals surface area contributed by atoms with Crippen molar-refractivity contribution in [1.82, 2.24) is 9.78 Å². The molecule has 1 aromatic heterocycles. The van der Waals surface area contributed by atoms with Crippen LogP contribution in [-0.4, -0.2) is 28.6 Å². The maximum absolute atomic E-state index is 13.2. The van der Waals surface area contributed by atoms with Gasteiger partial charge in [-0.2, -0.15) is 5.10 Å². The molecule has 0 saturated carbocycles. The lowest BCUT2D eigenvalue weighted by molar-refractivity contribution is -0.126. The summed E-state index contributed by atoms with van der Waals surface area (Å²) in [6.07, 6.45) is 1.75. The molecule has 3 heterocycles. The number of halogens is 1. The second kappa shape index (κ2) is 4.83. The van der Waals surface area contributed by atoms with Gasteiger partial charge in [-0.1, -0.05) is 23.7 Å². The molecule has 24 heavy (non-hydrogen) atoms. The van der Waals surface area contributed by atoms with Crippen molar-refractivity contribution in [2.75, 3.05) is 17.3 Å². The predicted molar refractivity (Wildman–Crippen MR) is 91.5 cm³/mol. The average molecular weight is 345 g/mol. The third kappa shape index (κ3) is 1.69. The first-order valence-electron chi connectivity index (χ1n) is 7.83. The summed E-state index contributed by atoms with van der Waals surface area (Å²) >= 11 is 6.34. The minimum absolute atomic E-state index is 0.0559. The summed E-state index contributed by atoms with van der Waals surface area (Å²) in [4.78, 5) is 27.2. The molecular formula is C17H17ClN4O2. The Morgan fingerprint density at radius 2 is 2.04 bits per heavy atom. The number of carbonyl (C=O) groups excluding carboxylic acids is 2. The Hall–Kier alpha value is -2.34. The Kier molecular flexibility index (Phi) is 3.06. The molecule has 6 nitrogen and oxygen atoms in total. The van der Waals surface area contributed by atoms with Crippen molar-refractivity contribution in [1.29, 1.82) is 0 Å². The molecule has 0 aliphatic carbocycles. The molecule has 0 radical (unpaired) electrons. The number of aromatic nitrogens is 2. The molecule has 7 heteroatoms. The summed E-state index contributed by atoms with van der Waals surface area (Å²) in [6.45, 7) is 3.96. The number of nitrogens with one attached hydrogen (secondary N) is 1. The molecule has 0 unspecified atom stereocenters. The number of para-hydroxylation sites is 1. The molecule has 2 aliphatic heterocycles. The summed E-state index contributed by atoms with van der Waals surface area (Å²) in [7, 11) is 1.70. The van der Waals surface area contributed by atoms with E-state index in [1.54, 1.807) is 28.9 Å². The van der Waals surface area contributed by atoms with Crippen molar-refractivity contribution < 1.29 is 9.59 Å². The maximum atomic E-state index is 13.2. The number of hydrogen-bond donors (Lipinski definition) is 1. The lowest BCUT2D eigenvalue weighted by Crippen LogP contribution is -2.45. The summed E-state index contributed by atoms with van der Waals surface area (Å²) < 4.78 is 1.74. The lowest BCUT2D eigenvalue weighted by Gasteiger charge is -2.32. The number of hydrogen-bond acceptors (Lipinski definition) is 3. The van der Waals surface area contributed by atoms with E-state index in [0.29, 0.717) is 16.5 Å². The van der Waals surface area contributed by atoms with E-state index >= 15 is 0 Å². The molecule has 1 spiro atoms. The molecule has 2 aliphatic rings. The SMILES string of the molecule is CC(C)n1ncc2c1NC(=O)C[C@]21C(=O)N(C)c2c(Cl)cccc21. The molecule has 1 aromatic carbocycles. The molecule has 2 amide bonds. The van der Waals surface area contributed by atoms with Gasteiger partial charge in [0.1, 0.15) is 11.2 Å². The second-order valence-electron chi connectivity index (χ2n) is 6.58. The van der Waals surface area contributed by atoms with Crippen LogP contribution in [0.2, 0.25) is 5.02 Å². The van der Waals surface area contributed by atoms with Crippen molar-refractivity contribution in [2.24, 2.45) is 0 Å². The second-order valence-corrected chi connectivity index (χ2v) is 6.98. The highest BCUT2D eigenvalue weighted by atomic mass is 35.5. The molecule has 0 bridgehead atoms. The van der Waals surface area contributed by atoms with Gasteiger partial charge in [0.2, 0.25) is 11.8 Å². The van der Waals surface area contributed by atoms with Crippen LogP contribution in [0, 0.1) is 0 Å². The van der Waals surface area contributed by atoms with Crippen LogP contribution in [0.25, 0.3) is 0 Å². The van der Waals surface area contributed by atoms with Gasteiger partial charge in [0.25, 0.3) is 0 Å². The fourth-order valence-electron chi connectivity index (χ4n) is 3.84. The normalized spacial score (nSPS) is 22.1. The van der Waals surface area contributed by atoms with Crippen LogP contribution in [0.5, 0.6) is 0 Å². The Bertz CT molecular complexity index is 889. The van der Waals surface area contributed by atoms with Crippen LogP contribution in [0.4, 0.5) is 11.5 Å². The van der Waals surface area contributed by atoms with E-state index in [0.717, 1.165) is 11.1 Å². The Morgan fingerprint density at radius 3 is 2.75 bits per heavy atom. The molecule has 2 aromatic rings. The van der Waals surface area contributed by atoms with Crippen LogP contribution >= 0.6 is 11.6 Å². The number of likely N-dealkylation sites (N-methyl/N-ethyl adjacent to an activating group) is 1. The van der Waals surface area contributed by atoms with Crippen LogP contribution in [-0.2, 0) is 15.0 Å². The highest BCUT2D eigenvalue weighted by molar-refractivity contribution is 6.35. The van der Waals surface area contributed by atoms with Crippen molar-refractivity contribution in [2.45, 2.75) is 31.7 Å². The summed E-state index contributed by atoms with van der Waals surface area (Å²) in [5.41, 5.74) is 1.11. The largest absolute Gasteiger partial charge is 0.313 e. The fraction of sp³-hybridized carbons (Fsp3) is 0.353. The maximum Gasteiger partial charge on any atom is 0.242 e. The monoisotopic (exact) mass is 344 g/mol. The Labute approximate surface area is 144 Å². The first-order chi connectivity index (χ1) is 11.4. The highest BCUT2D eigenvalue weighted by Crippen LogP contribution is 2.53. The predicted octanol–water partition coefficient (Wildman–Crippen LogP) is 2.72. The zero-order valence-electron chi connectivity index (χ0n) is 13.6. The van der Waals surface area contributed by atoms with Gasteiger partial charge < -0.3 is 10.2 Å². The van der Waals surface area contributed by atoms with Gasteiger partial charge >= 0.3 is 0 Å². The third-order valence-electron chi connectivity index (χ3n) is 4.88. The van der Waals surface area contributed by atoms with Gasteiger partial charge in [-0.05, 0) is 25.5 Å². The summed E-state index contributed by atoms with van der Waals surface area (Å²) in [5.74, 6) is 0.250. The van der Waals surface area contributed by atoms with Crippen LogP contribution in [0.15, 0.2) is 24.4 Å². The fourth-order valence-corrected chi connectivity index (χ4v) is 4.14. The standard InChI is InChI=1S/C17H17ClN4O2/c1-9(2)22-15-11(8-19-22)17(7-13(23)20-15)10-5-4-6-12(18)14(10)21(3)16(17)24/h4-6,8-9H,7H2,1-3H3,(H,20,23)/t17-/m1/s1. The van der Waals surface area contributed by atoms with Crippen molar-refractivity contribution in [3.8, 4) is 0 Å². The van der Waals surface area contributed by atoms with Gasteiger partial charge in [0.15, 0.2) is 0 Å². The number of rotatable bonds is 1. The number of amides is 2. The highest BCUT2D eigenvalue weighted by Gasteiger charge is 2.56. The number of fused-ring (bicyclic) bond motifs is 4. The summed E-state index contributed by atoms with van der Waals surface area (Å²) in [5, 5.41) is 7.79. The molecule has 0 fully saturated rings. The molecule has 124 valence electrons. The number of carbonyl (C=O) groups is 2. The molecular weight excluding hydrogens is 328 g/mol. The van der Waals surface area contributed by atoms with Crippen molar-refractivity contribution >= 4 is 34.9 Å². The average Bonchev–Trinajstić information content (AvgIpc) is 3.03. The van der Waals surface area contributed by atoms with E-state index in [9.17, 15) is 9.59 Å². The van der Waals surface area contributed by atoms with Crippen molar-refractivity contribution in [3.63, 3.8) is 0 Å². The molecule has 0 saturated heterocycles. The number of nitrogens with zero attached hydrogens (tertiary/aromatic N) is 3. The lowest BCUT2D eigenvalue weighted by atomic mass is 9.72. The van der Waals surface area contributed by atoms with E-state index in [-0.39, 0.29) is 24.3 Å². The van der Waals surface area contributed by atoms with Gasteiger partial charge in [-0.3, -0.25) is 9.59 Å². The first-order valence-corrected chi connectivity index (χ1v) is 8.20. The van der Waals surface area contributed by atoms with E-state index < -0.39 is 5.41 Å². The van der Waals surface area contributed by atoms with E-state index in [1.165, 1.54) is 0 Å². The van der Waals surface area contributed by atoms with Gasteiger partial charge in [-0.25, -0.2) is 4.68 Å². The molecule has 4 rings (SSSR count).